The zero-order valence-corrected chi connectivity index (χ0v) is 13.2. The van der Waals surface area contributed by atoms with Crippen molar-refractivity contribution in [3.63, 3.8) is 0 Å². The number of esters is 1. The van der Waals surface area contributed by atoms with Crippen molar-refractivity contribution in [3.8, 4) is 11.3 Å². The highest BCUT2D eigenvalue weighted by molar-refractivity contribution is 9.10. The highest BCUT2D eigenvalue weighted by Crippen LogP contribution is 2.30. The van der Waals surface area contributed by atoms with E-state index in [2.05, 4.69) is 20.9 Å². The van der Waals surface area contributed by atoms with Gasteiger partial charge in [0.05, 0.1) is 18.4 Å². The molecule has 0 atom stereocenters. The molecule has 0 saturated carbocycles. The Bertz CT molecular complexity index is 839. The average Bonchev–Trinajstić information content (AvgIpc) is 2.83. The number of ether oxygens (including phenoxy) is 1. The number of benzene rings is 1. The van der Waals surface area contributed by atoms with Crippen LogP contribution in [0.3, 0.4) is 0 Å². The minimum absolute atomic E-state index is 0.361. The molecular weight excluding hydrogens is 332 g/mol. The van der Waals surface area contributed by atoms with Gasteiger partial charge in [-0.3, -0.25) is 0 Å². The molecule has 2 aromatic heterocycles. The van der Waals surface area contributed by atoms with Crippen molar-refractivity contribution in [2.24, 2.45) is 0 Å². The number of rotatable bonds is 2. The zero-order valence-electron chi connectivity index (χ0n) is 11.6. The number of hydrogen-bond donors (Lipinski definition) is 0. The van der Waals surface area contributed by atoms with Gasteiger partial charge in [0.25, 0.3) is 0 Å². The summed E-state index contributed by atoms with van der Waals surface area (Å²) in [5, 5.41) is 0. The van der Waals surface area contributed by atoms with E-state index in [1.54, 1.807) is 12.1 Å². The number of aryl methyl sites for hydroxylation is 1. The van der Waals surface area contributed by atoms with Gasteiger partial charge in [-0.05, 0) is 25.1 Å². The molecule has 0 radical (unpaired) electrons. The van der Waals surface area contributed by atoms with Crippen molar-refractivity contribution in [3.05, 3.63) is 58.3 Å². The third-order valence-corrected chi connectivity index (χ3v) is 4.11. The fourth-order valence-electron chi connectivity index (χ4n) is 2.32. The van der Waals surface area contributed by atoms with E-state index in [0.717, 1.165) is 27.1 Å². The molecule has 0 amide bonds. The molecule has 0 unspecified atom stereocenters. The molecule has 5 heteroatoms. The second-order valence-electron chi connectivity index (χ2n) is 4.66. The minimum Gasteiger partial charge on any atom is -0.465 e. The van der Waals surface area contributed by atoms with Gasteiger partial charge >= 0.3 is 5.97 Å². The Hall–Kier alpha value is -2.14. The van der Waals surface area contributed by atoms with Crippen LogP contribution in [0.1, 0.15) is 16.1 Å². The number of aromatic nitrogens is 2. The lowest BCUT2D eigenvalue weighted by molar-refractivity contribution is 0.0600. The Morgan fingerprint density at radius 2 is 2.05 bits per heavy atom. The highest BCUT2D eigenvalue weighted by Gasteiger charge is 2.14. The first-order valence-electron chi connectivity index (χ1n) is 6.43. The van der Waals surface area contributed by atoms with Crippen molar-refractivity contribution in [1.29, 1.82) is 0 Å². The number of nitrogens with zero attached hydrogens (tertiary/aromatic N) is 2. The lowest BCUT2D eigenvalue weighted by Gasteiger charge is -2.02. The number of imidazole rings is 1. The normalized spacial score (nSPS) is 10.8. The van der Waals surface area contributed by atoms with E-state index in [1.807, 2.05) is 41.8 Å². The van der Waals surface area contributed by atoms with Crippen LogP contribution in [-0.2, 0) is 4.74 Å². The fourth-order valence-corrected chi connectivity index (χ4v) is 2.79. The first-order valence-corrected chi connectivity index (χ1v) is 7.23. The van der Waals surface area contributed by atoms with Crippen LogP contribution in [0.15, 0.2) is 47.1 Å². The Balaban J connectivity index is 2.20. The fraction of sp³-hybridized carbons (Fsp3) is 0.125. The lowest BCUT2D eigenvalue weighted by Crippen LogP contribution is -2.02. The number of fused-ring (bicyclic) bond motifs is 1. The summed E-state index contributed by atoms with van der Waals surface area (Å²) in [6.45, 7) is 2.01. The van der Waals surface area contributed by atoms with E-state index in [-0.39, 0.29) is 5.97 Å². The molecule has 0 fully saturated rings. The highest BCUT2D eigenvalue weighted by atomic mass is 79.9. The van der Waals surface area contributed by atoms with E-state index in [9.17, 15) is 4.79 Å². The monoisotopic (exact) mass is 344 g/mol. The smallest absolute Gasteiger partial charge is 0.338 e. The van der Waals surface area contributed by atoms with E-state index in [0.29, 0.717) is 5.56 Å². The molecule has 4 nitrogen and oxygen atoms in total. The Morgan fingerprint density at radius 3 is 2.76 bits per heavy atom. The number of hydrogen-bond acceptors (Lipinski definition) is 3. The first-order chi connectivity index (χ1) is 10.1. The van der Waals surface area contributed by atoms with Gasteiger partial charge in [0.1, 0.15) is 5.65 Å². The molecule has 3 aromatic rings. The summed E-state index contributed by atoms with van der Waals surface area (Å²) in [7, 11) is 1.37. The molecule has 0 saturated heterocycles. The molecule has 0 spiro atoms. The Labute approximate surface area is 130 Å². The number of methoxy groups -OCH3 is 1. The average molecular weight is 345 g/mol. The van der Waals surface area contributed by atoms with Crippen LogP contribution in [0.2, 0.25) is 0 Å². The van der Waals surface area contributed by atoms with Crippen LogP contribution in [0.25, 0.3) is 16.9 Å². The number of carbonyl (C=O) groups excluding carboxylic acids is 1. The predicted molar refractivity (Wildman–Crippen MR) is 84.4 cm³/mol. The molecule has 3 rings (SSSR count). The summed E-state index contributed by atoms with van der Waals surface area (Å²) >= 11 is 3.55. The van der Waals surface area contributed by atoms with Gasteiger partial charge in [-0.25, -0.2) is 9.78 Å². The molecule has 21 heavy (non-hydrogen) atoms. The van der Waals surface area contributed by atoms with Crippen molar-refractivity contribution in [1.82, 2.24) is 9.38 Å². The molecule has 0 aliphatic heterocycles. The Morgan fingerprint density at radius 1 is 1.29 bits per heavy atom. The summed E-state index contributed by atoms with van der Waals surface area (Å²) in [4.78, 5) is 16.3. The van der Waals surface area contributed by atoms with Crippen LogP contribution < -0.4 is 0 Å². The van der Waals surface area contributed by atoms with Gasteiger partial charge in [-0.15, -0.1) is 0 Å². The Kier molecular flexibility index (Phi) is 3.51. The van der Waals surface area contributed by atoms with Crippen LogP contribution in [-0.4, -0.2) is 22.5 Å². The topological polar surface area (TPSA) is 43.6 Å². The predicted octanol–water partition coefficient (Wildman–Crippen LogP) is 3.86. The van der Waals surface area contributed by atoms with E-state index in [1.165, 1.54) is 7.11 Å². The third kappa shape index (κ3) is 2.34. The summed E-state index contributed by atoms with van der Waals surface area (Å²) in [6.07, 6.45) is 1.84. The molecule has 0 aliphatic rings. The van der Waals surface area contributed by atoms with Gasteiger partial charge in [-0.2, -0.15) is 0 Å². The van der Waals surface area contributed by atoms with E-state index >= 15 is 0 Å². The number of carbonyl (C=O) groups is 1. The second-order valence-corrected chi connectivity index (χ2v) is 5.52. The molecule has 0 N–H and O–H groups in total. The van der Waals surface area contributed by atoms with Crippen molar-refractivity contribution >= 4 is 27.5 Å². The quantitative estimate of drug-likeness (QED) is 0.663. The lowest BCUT2D eigenvalue weighted by atomic mass is 10.1. The minimum atomic E-state index is -0.361. The van der Waals surface area contributed by atoms with E-state index < -0.39 is 0 Å². The van der Waals surface area contributed by atoms with Crippen molar-refractivity contribution in [2.75, 3.05) is 7.11 Å². The molecule has 2 heterocycles. The maximum absolute atomic E-state index is 11.6. The van der Waals surface area contributed by atoms with Crippen LogP contribution in [0.5, 0.6) is 0 Å². The van der Waals surface area contributed by atoms with Gasteiger partial charge in [0.15, 0.2) is 0 Å². The zero-order chi connectivity index (χ0) is 15.0. The van der Waals surface area contributed by atoms with Crippen LogP contribution in [0.4, 0.5) is 0 Å². The first kappa shape index (κ1) is 13.8. The van der Waals surface area contributed by atoms with Gasteiger partial charge in [0.2, 0.25) is 0 Å². The maximum Gasteiger partial charge on any atom is 0.338 e. The second kappa shape index (κ2) is 5.33. The SMILES string of the molecule is COC(=O)c1ccn2c(C)c(-c3ccccc3Br)nc2c1. The summed E-state index contributed by atoms with van der Waals surface area (Å²) in [5.74, 6) is -0.361. The summed E-state index contributed by atoms with van der Waals surface area (Å²) in [5.41, 5.74) is 4.16. The van der Waals surface area contributed by atoms with Crippen LogP contribution in [0, 0.1) is 6.92 Å². The number of pyridine rings is 1. The molecule has 1 aromatic carbocycles. The largest absolute Gasteiger partial charge is 0.465 e. The molecule has 0 aliphatic carbocycles. The van der Waals surface area contributed by atoms with Crippen LogP contribution >= 0.6 is 15.9 Å². The molecule has 106 valence electrons. The van der Waals surface area contributed by atoms with Crippen molar-refractivity contribution < 1.29 is 9.53 Å². The van der Waals surface area contributed by atoms with Gasteiger partial charge in [0, 0.05) is 21.9 Å². The summed E-state index contributed by atoms with van der Waals surface area (Å²) in [6, 6.07) is 11.4. The van der Waals surface area contributed by atoms with E-state index in [4.69, 9.17) is 4.74 Å². The van der Waals surface area contributed by atoms with Gasteiger partial charge in [-0.1, -0.05) is 34.1 Å². The number of halogens is 1. The third-order valence-electron chi connectivity index (χ3n) is 3.42. The van der Waals surface area contributed by atoms with Gasteiger partial charge < -0.3 is 9.14 Å². The standard InChI is InChI=1S/C16H13BrN2O2/c1-10-15(12-5-3-4-6-13(12)17)18-14-9-11(16(20)21-2)7-8-19(10)14/h3-9H,1-2H3. The summed E-state index contributed by atoms with van der Waals surface area (Å²) < 4.78 is 7.69. The van der Waals surface area contributed by atoms with Crippen molar-refractivity contribution in [2.45, 2.75) is 6.92 Å². The maximum atomic E-state index is 11.6. The molecule has 0 bridgehead atoms. The molecular formula is C16H13BrN2O2.